The summed E-state index contributed by atoms with van der Waals surface area (Å²) in [7, 11) is 0.219. The van der Waals surface area contributed by atoms with Crippen molar-refractivity contribution in [3.63, 3.8) is 0 Å². The first kappa shape index (κ1) is 20.0. The normalized spacial score (nSPS) is 30.2. The molecule has 0 atom stereocenters. The average Bonchev–Trinajstić information content (AvgIpc) is 2.66. The molecule has 0 heterocycles. The maximum atomic E-state index is 13.3. The van der Waals surface area contributed by atoms with E-state index in [4.69, 9.17) is 0 Å². The van der Waals surface area contributed by atoms with Crippen LogP contribution in [0.1, 0.15) is 63.4 Å². The fraction of sp³-hybridized carbons (Fsp3) is 0.727. The van der Waals surface area contributed by atoms with Crippen molar-refractivity contribution in [2.24, 2.45) is 23.7 Å². The van der Waals surface area contributed by atoms with Gasteiger partial charge in [0.1, 0.15) is 0 Å². The van der Waals surface area contributed by atoms with Gasteiger partial charge in [0.25, 0.3) is 0 Å². The Labute approximate surface area is 158 Å². The van der Waals surface area contributed by atoms with Crippen molar-refractivity contribution in [3.8, 4) is 0 Å². The highest BCUT2D eigenvalue weighted by Gasteiger charge is 2.30. The summed E-state index contributed by atoms with van der Waals surface area (Å²) in [6, 6.07) is 3.85. The predicted octanol–water partition coefficient (Wildman–Crippen LogP) is 6.28. The van der Waals surface area contributed by atoms with Gasteiger partial charge in [-0.25, -0.2) is 13.2 Å². The molecule has 0 nitrogen and oxygen atoms in total. The maximum Gasteiger partial charge on any atom is 0.194 e. The molecule has 0 saturated heterocycles. The number of rotatable bonds is 6. The first-order valence-corrected chi connectivity index (χ1v) is 13.1. The Hall–Kier alpha value is -0.773. The molecule has 4 heteroatoms. The average molecular weight is 383 g/mol. The molecular formula is C22H33F3Si. The number of halogens is 3. The molecule has 146 valence electrons. The van der Waals surface area contributed by atoms with Crippen molar-refractivity contribution in [3.05, 3.63) is 35.1 Å². The molecule has 0 radical (unpaired) electrons. The third-order valence-corrected chi connectivity index (χ3v) is 8.43. The first-order chi connectivity index (χ1) is 12.6. The Morgan fingerprint density at radius 1 is 0.808 bits per heavy atom. The van der Waals surface area contributed by atoms with E-state index in [1.54, 1.807) is 6.04 Å². The zero-order valence-electron chi connectivity index (χ0n) is 16.1. The van der Waals surface area contributed by atoms with E-state index in [9.17, 15) is 13.2 Å². The molecule has 0 amide bonds. The zero-order chi connectivity index (χ0) is 18.5. The molecule has 0 spiro atoms. The van der Waals surface area contributed by atoms with Gasteiger partial charge >= 0.3 is 0 Å². The van der Waals surface area contributed by atoms with E-state index in [2.05, 4.69) is 6.55 Å². The lowest BCUT2D eigenvalue weighted by Gasteiger charge is -2.38. The fourth-order valence-corrected chi connectivity index (χ4v) is 6.82. The lowest BCUT2D eigenvalue weighted by atomic mass is 9.69. The van der Waals surface area contributed by atoms with Crippen LogP contribution in [0.4, 0.5) is 13.2 Å². The molecule has 0 bridgehead atoms. The molecule has 2 aliphatic carbocycles. The highest BCUT2D eigenvalue weighted by molar-refractivity contribution is 6.33. The van der Waals surface area contributed by atoms with Crippen LogP contribution in [0.5, 0.6) is 0 Å². The van der Waals surface area contributed by atoms with Crippen LogP contribution < -0.4 is 0 Å². The molecule has 0 unspecified atom stereocenters. The van der Waals surface area contributed by atoms with Gasteiger partial charge in [-0.3, -0.25) is 0 Å². The van der Waals surface area contributed by atoms with Crippen LogP contribution in [0, 0.1) is 41.1 Å². The van der Waals surface area contributed by atoms with Gasteiger partial charge in [0, 0.05) is 9.52 Å². The molecule has 0 aliphatic heterocycles. The molecule has 2 aliphatic rings. The Morgan fingerprint density at radius 2 is 1.31 bits per heavy atom. The van der Waals surface area contributed by atoms with Crippen molar-refractivity contribution < 1.29 is 13.2 Å². The second-order valence-electron chi connectivity index (χ2n) is 8.76. The van der Waals surface area contributed by atoms with Crippen LogP contribution >= 0.6 is 0 Å². The summed E-state index contributed by atoms with van der Waals surface area (Å²) in [5, 5.41) is 0. The molecule has 0 N–H and O–H groups in total. The molecule has 3 rings (SSSR count). The molecule has 2 saturated carbocycles. The SMILES string of the molecule is C[SiH2]C[C@H]1CC[C@H]([C@H]2CC[C@H](CCc3cc(F)c(F)c(F)c3)CC2)CC1. The molecule has 2 fully saturated rings. The third kappa shape index (κ3) is 5.14. The van der Waals surface area contributed by atoms with Crippen LogP contribution in [0.25, 0.3) is 0 Å². The lowest BCUT2D eigenvalue weighted by Crippen LogP contribution is -2.26. The van der Waals surface area contributed by atoms with Crippen LogP contribution in [0.15, 0.2) is 12.1 Å². The van der Waals surface area contributed by atoms with Crippen LogP contribution in [-0.4, -0.2) is 9.52 Å². The van der Waals surface area contributed by atoms with Gasteiger partial charge in [-0.2, -0.15) is 0 Å². The number of hydrogen-bond donors (Lipinski definition) is 0. The number of benzene rings is 1. The van der Waals surface area contributed by atoms with E-state index in [-0.39, 0.29) is 9.52 Å². The molecule has 1 aromatic carbocycles. The van der Waals surface area contributed by atoms with Gasteiger partial charge < -0.3 is 0 Å². The first-order valence-electron chi connectivity index (χ1n) is 10.7. The third-order valence-electron chi connectivity index (χ3n) is 7.03. The Bertz CT molecular complexity index is 550. The van der Waals surface area contributed by atoms with Crippen molar-refractivity contribution in [2.45, 2.75) is 76.8 Å². The van der Waals surface area contributed by atoms with Gasteiger partial charge in [0.2, 0.25) is 0 Å². The molecular weight excluding hydrogens is 349 g/mol. The van der Waals surface area contributed by atoms with E-state index in [0.717, 1.165) is 36.3 Å². The van der Waals surface area contributed by atoms with Gasteiger partial charge in [0.05, 0.1) is 0 Å². The van der Waals surface area contributed by atoms with Crippen molar-refractivity contribution in [1.82, 2.24) is 0 Å². The molecule has 0 aromatic heterocycles. The van der Waals surface area contributed by atoms with Crippen molar-refractivity contribution >= 4 is 9.52 Å². The van der Waals surface area contributed by atoms with E-state index >= 15 is 0 Å². The summed E-state index contributed by atoms with van der Waals surface area (Å²) >= 11 is 0. The predicted molar refractivity (Wildman–Crippen MR) is 105 cm³/mol. The van der Waals surface area contributed by atoms with E-state index < -0.39 is 17.5 Å². The quantitative estimate of drug-likeness (QED) is 0.401. The summed E-state index contributed by atoms with van der Waals surface area (Å²) in [5.74, 6) is 0.0683. The minimum absolute atomic E-state index is 0.219. The largest absolute Gasteiger partial charge is 0.204 e. The Balaban J connectivity index is 1.40. The standard InChI is InChI=1S/C22H33F3Si/c1-26-14-16-6-10-19(11-7-16)18-8-4-15(5-9-18)2-3-17-12-20(23)22(25)21(24)13-17/h12-13,15-16,18-19H,2-11,14,26H2,1H3/t15-,16-,18-,19-. The van der Waals surface area contributed by atoms with Crippen LogP contribution in [0.3, 0.4) is 0 Å². The van der Waals surface area contributed by atoms with Crippen LogP contribution in [0.2, 0.25) is 12.6 Å². The highest BCUT2D eigenvalue weighted by atomic mass is 28.2. The summed E-state index contributed by atoms with van der Waals surface area (Å²) < 4.78 is 39.7. The topological polar surface area (TPSA) is 0 Å². The molecule has 1 aromatic rings. The van der Waals surface area contributed by atoms with Gasteiger partial charge in [0.15, 0.2) is 17.5 Å². The van der Waals surface area contributed by atoms with Gasteiger partial charge in [-0.15, -0.1) is 0 Å². The monoisotopic (exact) mass is 382 g/mol. The van der Waals surface area contributed by atoms with Crippen molar-refractivity contribution in [2.75, 3.05) is 0 Å². The van der Waals surface area contributed by atoms with Gasteiger partial charge in [-0.1, -0.05) is 38.3 Å². The van der Waals surface area contributed by atoms with E-state index in [1.807, 2.05) is 0 Å². The highest BCUT2D eigenvalue weighted by Crippen LogP contribution is 2.42. The second-order valence-corrected chi connectivity index (χ2v) is 10.3. The lowest BCUT2D eigenvalue weighted by molar-refractivity contribution is 0.147. The second kappa shape index (κ2) is 9.43. The fourth-order valence-electron chi connectivity index (χ4n) is 5.43. The van der Waals surface area contributed by atoms with Crippen molar-refractivity contribution in [1.29, 1.82) is 0 Å². The minimum atomic E-state index is -1.36. The molecule has 26 heavy (non-hydrogen) atoms. The Kier molecular flexibility index (Phi) is 7.25. The Morgan fingerprint density at radius 3 is 1.81 bits per heavy atom. The number of aryl methyl sites for hydroxylation is 1. The minimum Gasteiger partial charge on any atom is -0.204 e. The zero-order valence-corrected chi connectivity index (χ0v) is 17.5. The van der Waals surface area contributed by atoms with E-state index in [0.29, 0.717) is 17.9 Å². The van der Waals surface area contributed by atoms with Gasteiger partial charge in [-0.05, 0) is 79.9 Å². The summed E-state index contributed by atoms with van der Waals surface area (Å²) in [6.45, 7) is 2.43. The summed E-state index contributed by atoms with van der Waals surface area (Å²) in [5.41, 5.74) is 0.585. The summed E-state index contributed by atoms with van der Waals surface area (Å²) in [4.78, 5) is 0. The van der Waals surface area contributed by atoms with Crippen LogP contribution in [-0.2, 0) is 6.42 Å². The van der Waals surface area contributed by atoms with E-state index in [1.165, 1.54) is 51.4 Å². The summed E-state index contributed by atoms with van der Waals surface area (Å²) in [6.07, 6.45) is 12.6. The number of hydrogen-bond acceptors (Lipinski definition) is 0. The smallest absolute Gasteiger partial charge is 0.194 e. The maximum absolute atomic E-state index is 13.3.